The van der Waals surface area contributed by atoms with Gasteiger partial charge in [-0.2, -0.15) is 18.0 Å². The number of benzene rings is 2. The Balaban J connectivity index is 1.68. The summed E-state index contributed by atoms with van der Waals surface area (Å²) < 4.78 is 43.1. The quantitative estimate of drug-likeness (QED) is 0.516. The van der Waals surface area contributed by atoms with Crippen LogP contribution in [-0.2, 0) is 27.0 Å². The number of hydrogen-bond acceptors (Lipinski definition) is 6. The number of hydrogen-bond donors (Lipinski definition) is 1. The van der Waals surface area contributed by atoms with E-state index in [1.165, 1.54) is 12.1 Å². The van der Waals surface area contributed by atoms with Crippen LogP contribution in [0.3, 0.4) is 0 Å². The molecule has 0 fully saturated rings. The Morgan fingerprint density at radius 2 is 1.76 bits per heavy atom. The Labute approximate surface area is 187 Å². The maximum Gasteiger partial charge on any atom is 0.416 e. The normalized spacial score (nSPS) is 12.3. The minimum Gasteiger partial charge on any atom is -0.466 e. The summed E-state index contributed by atoms with van der Waals surface area (Å²) in [4.78, 5) is 25.6. The van der Waals surface area contributed by atoms with E-state index in [0.717, 1.165) is 28.1 Å². The van der Waals surface area contributed by atoms with Gasteiger partial charge in [-0.05, 0) is 36.8 Å². The predicted molar refractivity (Wildman–Crippen MR) is 112 cm³/mol. The van der Waals surface area contributed by atoms with Crippen LogP contribution < -0.4 is 5.32 Å². The first-order valence-electron chi connectivity index (χ1n) is 10.1. The SMILES string of the molecule is CCOC(=O)C[C@@H](NC(=O)Cn1nnc(-c2ccc(C(F)(F)F)cc2)n1)c1ccc(C)cc1. The second-order valence-electron chi connectivity index (χ2n) is 7.26. The number of aryl methyl sites for hydroxylation is 1. The average Bonchev–Trinajstić information content (AvgIpc) is 3.22. The summed E-state index contributed by atoms with van der Waals surface area (Å²) in [6.45, 7) is 3.55. The molecule has 33 heavy (non-hydrogen) atoms. The second-order valence-corrected chi connectivity index (χ2v) is 7.26. The summed E-state index contributed by atoms with van der Waals surface area (Å²) in [5.41, 5.74) is 1.30. The fourth-order valence-corrected chi connectivity index (χ4v) is 3.04. The number of nitrogens with zero attached hydrogens (tertiary/aromatic N) is 4. The molecule has 8 nitrogen and oxygen atoms in total. The summed E-state index contributed by atoms with van der Waals surface area (Å²) in [6.07, 6.45) is -4.50. The van der Waals surface area contributed by atoms with Crippen molar-refractivity contribution in [1.82, 2.24) is 25.5 Å². The van der Waals surface area contributed by atoms with Crippen LogP contribution in [0.5, 0.6) is 0 Å². The molecule has 0 bridgehead atoms. The third-order valence-corrected chi connectivity index (χ3v) is 4.70. The van der Waals surface area contributed by atoms with E-state index in [1.54, 1.807) is 6.92 Å². The smallest absolute Gasteiger partial charge is 0.416 e. The Morgan fingerprint density at radius 3 is 2.36 bits per heavy atom. The molecule has 0 aliphatic carbocycles. The fourth-order valence-electron chi connectivity index (χ4n) is 3.04. The van der Waals surface area contributed by atoms with Gasteiger partial charge in [-0.25, -0.2) is 0 Å². The van der Waals surface area contributed by atoms with Gasteiger partial charge < -0.3 is 10.1 Å². The van der Waals surface area contributed by atoms with Crippen LogP contribution in [0, 0.1) is 6.92 Å². The van der Waals surface area contributed by atoms with Gasteiger partial charge in [-0.1, -0.05) is 42.0 Å². The number of nitrogens with one attached hydrogen (secondary N) is 1. The van der Waals surface area contributed by atoms with Crippen molar-refractivity contribution in [2.75, 3.05) is 6.61 Å². The Morgan fingerprint density at radius 1 is 1.09 bits per heavy atom. The van der Waals surface area contributed by atoms with Crippen molar-refractivity contribution in [2.45, 2.75) is 39.0 Å². The first-order valence-corrected chi connectivity index (χ1v) is 10.1. The number of alkyl halides is 3. The first kappa shape index (κ1) is 23.9. The standard InChI is InChI=1S/C22H22F3N5O3/c1-3-33-20(32)12-18(15-6-4-14(2)5-7-15)26-19(31)13-30-28-21(27-29-30)16-8-10-17(11-9-16)22(23,24)25/h4-11,18H,3,12-13H2,1-2H3,(H,26,31)/t18-/m1/s1. The zero-order valence-corrected chi connectivity index (χ0v) is 18.0. The van der Waals surface area contributed by atoms with Gasteiger partial charge in [0.2, 0.25) is 11.7 Å². The van der Waals surface area contributed by atoms with Crippen molar-refractivity contribution >= 4 is 11.9 Å². The number of amides is 1. The minimum absolute atomic E-state index is 0.0514. The van der Waals surface area contributed by atoms with Crippen molar-refractivity contribution in [3.63, 3.8) is 0 Å². The van der Waals surface area contributed by atoms with E-state index in [4.69, 9.17) is 4.74 Å². The average molecular weight is 461 g/mol. The zero-order valence-electron chi connectivity index (χ0n) is 18.0. The van der Waals surface area contributed by atoms with Crippen LogP contribution in [0.2, 0.25) is 0 Å². The largest absolute Gasteiger partial charge is 0.466 e. The number of carbonyl (C=O) groups excluding carboxylic acids is 2. The Kier molecular flexibility index (Phi) is 7.41. The summed E-state index contributed by atoms with van der Waals surface area (Å²) >= 11 is 0. The van der Waals surface area contributed by atoms with Crippen molar-refractivity contribution in [3.05, 3.63) is 65.2 Å². The minimum atomic E-state index is -4.45. The molecule has 1 heterocycles. The third kappa shape index (κ3) is 6.61. The van der Waals surface area contributed by atoms with Gasteiger partial charge in [0.15, 0.2) is 0 Å². The number of tetrazole rings is 1. The van der Waals surface area contributed by atoms with E-state index in [0.29, 0.717) is 5.56 Å². The molecule has 11 heteroatoms. The van der Waals surface area contributed by atoms with E-state index in [-0.39, 0.29) is 25.4 Å². The van der Waals surface area contributed by atoms with Crippen LogP contribution in [0.25, 0.3) is 11.4 Å². The highest BCUT2D eigenvalue weighted by atomic mass is 19.4. The third-order valence-electron chi connectivity index (χ3n) is 4.70. The highest BCUT2D eigenvalue weighted by Crippen LogP contribution is 2.30. The van der Waals surface area contributed by atoms with Gasteiger partial charge >= 0.3 is 12.1 Å². The van der Waals surface area contributed by atoms with Crippen molar-refractivity contribution < 1.29 is 27.5 Å². The topological polar surface area (TPSA) is 99.0 Å². The Bertz CT molecular complexity index is 1100. The van der Waals surface area contributed by atoms with Crippen LogP contribution >= 0.6 is 0 Å². The van der Waals surface area contributed by atoms with E-state index < -0.39 is 29.7 Å². The van der Waals surface area contributed by atoms with E-state index in [2.05, 4.69) is 20.7 Å². The molecule has 0 unspecified atom stereocenters. The number of esters is 1. The molecule has 0 aliphatic heterocycles. The van der Waals surface area contributed by atoms with Crippen molar-refractivity contribution in [2.24, 2.45) is 0 Å². The van der Waals surface area contributed by atoms with Crippen LogP contribution in [0.15, 0.2) is 48.5 Å². The lowest BCUT2D eigenvalue weighted by molar-refractivity contribution is -0.144. The monoisotopic (exact) mass is 461 g/mol. The van der Waals surface area contributed by atoms with Gasteiger partial charge in [0, 0.05) is 5.56 Å². The van der Waals surface area contributed by atoms with Gasteiger partial charge in [0.05, 0.1) is 24.6 Å². The van der Waals surface area contributed by atoms with Crippen molar-refractivity contribution in [3.8, 4) is 11.4 Å². The molecular formula is C22H22F3N5O3. The number of ether oxygens (including phenoxy) is 1. The summed E-state index contributed by atoms with van der Waals surface area (Å²) in [5.74, 6) is -0.841. The second kappa shape index (κ2) is 10.2. The van der Waals surface area contributed by atoms with E-state index in [9.17, 15) is 22.8 Å². The molecule has 1 amide bonds. The molecular weight excluding hydrogens is 439 g/mol. The lowest BCUT2D eigenvalue weighted by Crippen LogP contribution is -2.33. The molecule has 1 N–H and O–H groups in total. The summed E-state index contributed by atoms with van der Waals surface area (Å²) in [5, 5.41) is 14.4. The molecule has 0 saturated heterocycles. The number of carbonyl (C=O) groups is 2. The van der Waals surface area contributed by atoms with Gasteiger partial charge in [-0.15, -0.1) is 10.2 Å². The molecule has 1 atom stereocenters. The number of halogens is 3. The lowest BCUT2D eigenvalue weighted by Gasteiger charge is -2.18. The maximum absolute atomic E-state index is 12.7. The Hall–Kier alpha value is -3.76. The molecule has 1 aromatic heterocycles. The number of rotatable bonds is 8. The summed E-state index contributed by atoms with van der Waals surface area (Å²) in [6, 6.07) is 11.1. The zero-order chi connectivity index (χ0) is 24.0. The van der Waals surface area contributed by atoms with E-state index in [1.807, 2.05) is 31.2 Å². The van der Waals surface area contributed by atoms with Gasteiger partial charge in [-0.3, -0.25) is 9.59 Å². The molecule has 2 aromatic carbocycles. The molecule has 3 aromatic rings. The highest BCUT2D eigenvalue weighted by molar-refractivity contribution is 5.77. The highest BCUT2D eigenvalue weighted by Gasteiger charge is 2.30. The molecule has 0 aliphatic rings. The van der Waals surface area contributed by atoms with Crippen molar-refractivity contribution in [1.29, 1.82) is 0 Å². The molecule has 0 spiro atoms. The molecule has 174 valence electrons. The van der Waals surface area contributed by atoms with Crippen LogP contribution in [0.1, 0.15) is 36.1 Å². The first-order chi connectivity index (χ1) is 15.7. The fraction of sp³-hybridized carbons (Fsp3) is 0.318. The maximum atomic E-state index is 12.7. The lowest BCUT2D eigenvalue weighted by atomic mass is 10.0. The number of aromatic nitrogens is 4. The van der Waals surface area contributed by atoms with E-state index >= 15 is 0 Å². The van der Waals surface area contributed by atoms with Gasteiger partial charge in [0.1, 0.15) is 6.54 Å². The molecule has 3 rings (SSSR count). The molecule has 0 radical (unpaired) electrons. The molecule has 0 saturated carbocycles. The van der Waals surface area contributed by atoms with Gasteiger partial charge in [0.25, 0.3) is 0 Å². The van der Waals surface area contributed by atoms with Crippen LogP contribution in [0.4, 0.5) is 13.2 Å². The predicted octanol–water partition coefficient (Wildman–Crippen LogP) is 3.48. The summed E-state index contributed by atoms with van der Waals surface area (Å²) in [7, 11) is 0. The van der Waals surface area contributed by atoms with Crippen LogP contribution in [-0.4, -0.2) is 38.7 Å².